The molecular weight excluding hydrogens is 319 g/mol. The van der Waals surface area contributed by atoms with Crippen LogP contribution in [0.4, 0.5) is 0 Å². The quantitative estimate of drug-likeness (QED) is 0.889. The van der Waals surface area contributed by atoms with Gasteiger partial charge in [0.05, 0.1) is 6.61 Å². The monoisotopic (exact) mass is 342 g/mol. The first-order chi connectivity index (χ1) is 10.3. The predicted molar refractivity (Wildman–Crippen MR) is 92.0 cm³/mol. The Morgan fingerprint density at radius 2 is 1.91 bits per heavy atom. The number of nitrogens with one attached hydrogen (secondary N) is 1. The van der Waals surface area contributed by atoms with Crippen molar-refractivity contribution in [3.05, 3.63) is 28.8 Å². The van der Waals surface area contributed by atoms with Crippen molar-refractivity contribution < 1.29 is 4.74 Å². The van der Waals surface area contributed by atoms with E-state index >= 15 is 0 Å². The molecule has 2 atom stereocenters. The van der Waals surface area contributed by atoms with Crippen LogP contribution in [0.1, 0.15) is 18.4 Å². The van der Waals surface area contributed by atoms with Gasteiger partial charge in [-0.05, 0) is 61.9 Å². The van der Waals surface area contributed by atoms with Gasteiger partial charge in [-0.3, -0.25) is 4.90 Å². The molecular formula is C17H24Cl2N2O. The molecule has 1 saturated carbocycles. The molecule has 0 bridgehead atoms. The van der Waals surface area contributed by atoms with Crippen LogP contribution in [0.2, 0.25) is 5.02 Å². The second kappa shape index (κ2) is 6.96. The van der Waals surface area contributed by atoms with Gasteiger partial charge in [-0.2, -0.15) is 0 Å². The molecule has 0 amide bonds. The standard InChI is InChI=1S/C17H23ClN2O.ClH/c18-16-3-4-17(21-11-12-1-2-12)13(5-16)8-20-9-14-6-19-7-15(14)10-20;/h3-5,12,14-15,19H,1-2,6-11H2;1H/t14-,15+;. The number of fused-ring (bicyclic) bond motifs is 1. The molecule has 122 valence electrons. The van der Waals surface area contributed by atoms with Gasteiger partial charge in [0.1, 0.15) is 5.75 Å². The van der Waals surface area contributed by atoms with Crippen LogP contribution < -0.4 is 10.1 Å². The van der Waals surface area contributed by atoms with E-state index < -0.39 is 0 Å². The number of hydrogen-bond acceptors (Lipinski definition) is 3. The Hall–Kier alpha value is -0.480. The van der Waals surface area contributed by atoms with Gasteiger partial charge >= 0.3 is 0 Å². The van der Waals surface area contributed by atoms with Crippen molar-refractivity contribution in [1.82, 2.24) is 10.2 Å². The molecule has 4 rings (SSSR count). The van der Waals surface area contributed by atoms with Gasteiger partial charge in [0.25, 0.3) is 0 Å². The summed E-state index contributed by atoms with van der Waals surface area (Å²) < 4.78 is 6.02. The van der Waals surface area contributed by atoms with Crippen LogP contribution in [-0.4, -0.2) is 37.7 Å². The average Bonchev–Trinajstić information content (AvgIpc) is 3.06. The van der Waals surface area contributed by atoms with Crippen molar-refractivity contribution in [3.8, 4) is 5.75 Å². The largest absolute Gasteiger partial charge is 0.493 e. The van der Waals surface area contributed by atoms with Crippen LogP contribution in [-0.2, 0) is 6.54 Å². The lowest BCUT2D eigenvalue weighted by Gasteiger charge is -2.19. The average molecular weight is 343 g/mol. The van der Waals surface area contributed by atoms with Crippen LogP contribution >= 0.6 is 24.0 Å². The van der Waals surface area contributed by atoms with Gasteiger partial charge in [-0.15, -0.1) is 12.4 Å². The molecule has 3 nitrogen and oxygen atoms in total. The van der Waals surface area contributed by atoms with Crippen LogP contribution in [0, 0.1) is 17.8 Å². The lowest BCUT2D eigenvalue weighted by Crippen LogP contribution is -2.25. The smallest absolute Gasteiger partial charge is 0.123 e. The number of nitrogens with zero attached hydrogens (tertiary/aromatic N) is 1. The second-order valence-electron chi connectivity index (χ2n) is 6.88. The molecule has 1 aliphatic carbocycles. The van der Waals surface area contributed by atoms with Crippen molar-refractivity contribution in [2.45, 2.75) is 19.4 Å². The molecule has 1 aromatic rings. The minimum absolute atomic E-state index is 0. The van der Waals surface area contributed by atoms with E-state index in [1.165, 1.54) is 44.6 Å². The fraction of sp³-hybridized carbons (Fsp3) is 0.647. The maximum absolute atomic E-state index is 6.19. The van der Waals surface area contributed by atoms with Crippen molar-refractivity contribution in [2.24, 2.45) is 17.8 Å². The third-order valence-corrected chi connectivity index (χ3v) is 5.29. The lowest BCUT2D eigenvalue weighted by molar-refractivity contribution is 0.275. The maximum atomic E-state index is 6.19. The summed E-state index contributed by atoms with van der Waals surface area (Å²) in [5.74, 6) is 3.48. The Labute approximate surface area is 143 Å². The van der Waals surface area contributed by atoms with E-state index in [1.54, 1.807) is 0 Å². The fourth-order valence-corrected chi connectivity index (χ4v) is 3.82. The summed E-state index contributed by atoms with van der Waals surface area (Å²) in [5.41, 5.74) is 1.25. The zero-order valence-electron chi connectivity index (χ0n) is 12.8. The first kappa shape index (κ1) is 16.4. The van der Waals surface area contributed by atoms with Crippen LogP contribution in [0.3, 0.4) is 0 Å². The van der Waals surface area contributed by atoms with E-state index in [0.717, 1.165) is 41.7 Å². The number of benzene rings is 1. The van der Waals surface area contributed by atoms with Crippen molar-refractivity contribution in [3.63, 3.8) is 0 Å². The number of hydrogen-bond donors (Lipinski definition) is 1. The summed E-state index contributed by atoms with van der Waals surface area (Å²) in [5, 5.41) is 4.31. The Morgan fingerprint density at radius 1 is 1.18 bits per heavy atom. The third-order valence-electron chi connectivity index (χ3n) is 5.05. The molecule has 5 heteroatoms. The van der Waals surface area contributed by atoms with E-state index in [9.17, 15) is 0 Å². The molecule has 0 aromatic heterocycles. The minimum atomic E-state index is 0. The van der Waals surface area contributed by atoms with Crippen LogP contribution in [0.5, 0.6) is 5.75 Å². The number of rotatable bonds is 5. The Balaban J connectivity index is 0.00000144. The summed E-state index contributed by atoms with van der Waals surface area (Å²) in [7, 11) is 0. The van der Waals surface area contributed by atoms with Gasteiger partial charge in [0, 0.05) is 30.2 Å². The number of likely N-dealkylation sites (tertiary alicyclic amines) is 1. The van der Waals surface area contributed by atoms with Crippen molar-refractivity contribution in [1.29, 1.82) is 0 Å². The van der Waals surface area contributed by atoms with Gasteiger partial charge in [0.2, 0.25) is 0 Å². The van der Waals surface area contributed by atoms with Crippen LogP contribution in [0.25, 0.3) is 0 Å². The summed E-state index contributed by atoms with van der Waals surface area (Å²) >= 11 is 6.19. The Bertz CT molecular complexity index is 509. The highest BCUT2D eigenvalue weighted by Gasteiger charge is 2.36. The molecule has 2 saturated heterocycles. The number of halogens is 2. The molecule has 1 aromatic carbocycles. The lowest BCUT2D eigenvalue weighted by atomic mass is 10.0. The molecule has 2 aliphatic heterocycles. The van der Waals surface area contributed by atoms with E-state index in [1.807, 2.05) is 12.1 Å². The minimum Gasteiger partial charge on any atom is -0.493 e. The topological polar surface area (TPSA) is 24.5 Å². The van der Waals surface area contributed by atoms with Crippen molar-refractivity contribution in [2.75, 3.05) is 32.8 Å². The molecule has 0 spiro atoms. The molecule has 3 aliphatic rings. The molecule has 22 heavy (non-hydrogen) atoms. The summed E-state index contributed by atoms with van der Waals surface area (Å²) in [4.78, 5) is 2.56. The van der Waals surface area contributed by atoms with Gasteiger partial charge in [0.15, 0.2) is 0 Å². The SMILES string of the molecule is Cl.Clc1ccc(OCC2CC2)c(CN2C[C@H]3CNC[C@H]3C2)c1. The molecule has 2 heterocycles. The van der Waals surface area contributed by atoms with Crippen molar-refractivity contribution >= 4 is 24.0 Å². The third kappa shape index (κ3) is 3.70. The predicted octanol–water partition coefficient (Wildman–Crippen LogP) is 3.20. The molecule has 3 fully saturated rings. The second-order valence-corrected chi connectivity index (χ2v) is 7.32. The van der Waals surface area contributed by atoms with E-state index in [-0.39, 0.29) is 12.4 Å². The highest BCUT2D eigenvalue weighted by atomic mass is 35.5. The zero-order valence-corrected chi connectivity index (χ0v) is 14.3. The van der Waals surface area contributed by atoms with Gasteiger partial charge < -0.3 is 10.1 Å². The first-order valence-electron chi connectivity index (χ1n) is 8.12. The maximum Gasteiger partial charge on any atom is 0.123 e. The van der Waals surface area contributed by atoms with E-state index in [2.05, 4.69) is 16.3 Å². The highest BCUT2D eigenvalue weighted by molar-refractivity contribution is 6.30. The first-order valence-corrected chi connectivity index (χ1v) is 8.50. The summed E-state index contributed by atoms with van der Waals surface area (Å²) in [6.07, 6.45) is 2.65. The summed E-state index contributed by atoms with van der Waals surface area (Å²) in [6, 6.07) is 6.06. The normalized spacial score (nSPS) is 27.5. The van der Waals surface area contributed by atoms with Gasteiger partial charge in [-0.25, -0.2) is 0 Å². The molecule has 0 radical (unpaired) electrons. The fourth-order valence-electron chi connectivity index (χ4n) is 3.63. The Kier molecular flexibility index (Phi) is 5.18. The molecule has 0 unspecified atom stereocenters. The van der Waals surface area contributed by atoms with E-state index in [0.29, 0.717) is 0 Å². The van der Waals surface area contributed by atoms with Gasteiger partial charge in [-0.1, -0.05) is 11.6 Å². The zero-order chi connectivity index (χ0) is 14.2. The number of ether oxygens (including phenoxy) is 1. The summed E-state index contributed by atoms with van der Waals surface area (Å²) in [6.45, 7) is 6.60. The van der Waals surface area contributed by atoms with Crippen LogP contribution in [0.15, 0.2) is 18.2 Å². The molecule has 1 N–H and O–H groups in total. The highest BCUT2D eigenvalue weighted by Crippen LogP contribution is 2.33. The van der Waals surface area contributed by atoms with E-state index in [4.69, 9.17) is 16.3 Å². The Morgan fingerprint density at radius 3 is 2.59 bits per heavy atom.